The van der Waals surface area contributed by atoms with E-state index in [1.165, 1.54) is 0 Å². The van der Waals surface area contributed by atoms with E-state index in [0.29, 0.717) is 36.5 Å². The average molecular weight is 450 g/mol. The second-order valence-electron chi connectivity index (χ2n) is 6.61. The third kappa shape index (κ3) is 6.98. The second-order valence-corrected chi connectivity index (χ2v) is 7.05. The molecule has 0 radical (unpaired) electrons. The lowest BCUT2D eigenvalue weighted by Crippen LogP contribution is -2.28. The fourth-order valence-corrected chi connectivity index (χ4v) is 3.13. The number of carbonyl (C=O) groups is 1. The maximum absolute atomic E-state index is 10.6. The Labute approximate surface area is 176 Å². The molecule has 2 aromatic rings. The van der Waals surface area contributed by atoms with Crippen LogP contribution in [0.4, 0.5) is 13.2 Å². The van der Waals surface area contributed by atoms with Gasteiger partial charge in [0.1, 0.15) is 0 Å². The number of hydrogen-bond donors (Lipinski definition) is 2. The number of aromatic nitrogens is 1. The SMILES string of the molecule is CCO[C@@H]1CN(Cc2ncc(-c3ccc(Cl)cc3)o2)C[C@H]1CN.O=C(O)C(F)(F)F. The van der Waals surface area contributed by atoms with Crippen LogP contribution in [0, 0.1) is 5.92 Å². The molecule has 1 fully saturated rings. The lowest BCUT2D eigenvalue weighted by molar-refractivity contribution is -0.192. The van der Waals surface area contributed by atoms with Gasteiger partial charge in [0.05, 0.1) is 18.8 Å². The molecule has 1 aromatic carbocycles. The van der Waals surface area contributed by atoms with Gasteiger partial charge >= 0.3 is 12.1 Å². The highest BCUT2D eigenvalue weighted by Crippen LogP contribution is 2.25. The molecule has 0 amide bonds. The van der Waals surface area contributed by atoms with E-state index >= 15 is 0 Å². The molecule has 2 atom stereocenters. The predicted molar refractivity (Wildman–Crippen MR) is 104 cm³/mol. The molecule has 0 spiro atoms. The highest BCUT2D eigenvalue weighted by molar-refractivity contribution is 6.30. The highest BCUT2D eigenvalue weighted by atomic mass is 35.5. The van der Waals surface area contributed by atoms with Gasteiger partial charge in [-0.1, -0.05) is 11.6 Å². The Hall–Kier alpha value is -2.14. The van der Waals surface area contributed by atoms with E-state index < -0.39 is 12.1 Å². The van der Waals surface area contributed by atoms with E-state index in [4.69, 9.17) is 36.4 Å². The first-order valence-electron chi connectivity index (χ1n) is 9.18. The lowest BCUT2D eigenvalue weighted by Gasteiger charge is -2.15. The van der Waals surface area contributed by atoms with Crippen LogP contribution >= 0.6 is 11.6 Å². The van der Waals surface area contributed by atoms with Gasteiger partial charge in [0.2, 0.25) is 5.89 Å². The lowest BCUT2D eigenvalue weighted by atomic mass is 10.1. The topological polar surface area (TPSA) is 102 Å². The second kappa shape index (κ2) is 10.8. The van der Waals surface area contributed by atoms with Crippen LogP contribution in [0.25, 0.3) is 11.3 Å². The Morgan fingerprint density at radius 3 is 2.53 bits per heavy atom. The molecule has 11 heteroatoms. The van der Waals surface area contributed by atoms with Crippen molar-refractivity contribution in [1.29, 1.82) is 0 Å². The van der Waals surface area contributed by atoms with Crippen molar-refractivity contribution in [2.24, 2.45) is 11.7 Å². The minimum Gasteiger partial charge on any atom is -0.475 e. The molecule has 0 saturated carbocycles. The van der Waals surface area contributed by atoms with Crippen LogP contribution in [0.15, 0.2) is 34.9 Å². The van der Waals surface area contributed by atoms with Gasteiger partial charge in [0, 0.05) is 36.2 Å². The van der Waals surface area contributed by atoms with E-state index in [1.807, 2.05) is 31.2 Å². The third-order valence-corrected chi connectivity index (χ3v) is 4.68. The van der Waals surface area contributed by atoms with Crippen molar-refractivity contribution < 1.29 is 32.2 Å². The Balaban J connectivity index is 0.000000396. The number of aliphatic carboxylic acids is 1. The molecule has 1 aliphatic rings. The van der Waals surface area contributed by atoms with Gasteiger partial charge in [-0.05, 0) is 37.7 Å². The summed E-state index contributed by atoms with van der Waals surface area (Å²) in [4.78, 5) is 15.6. The normalized spacial score (nSPS) is 19.4. The molecule has 0 unspecified atom stereocenters. The van der Waals surface area contributed by atoms with E-state index in [-0.39, 0.29) is 6.10 Å². The van der Waals surface area contributed by atoms with Crippen LogP contribution in [0.2, 0.25) is 5.02 Å². The van der Waals surface area contributed by atoms with Gasteiger partial charge < -0.3 is 20.0 Å². The number of benzene rings is 1. The average Bonchev–Trinajstić information content (AvgIpc) is 3.29. The largest absolute Gasteiger partial charge is 0.490 e. The minimum absolute atomic E-state index is 0.204. The summed E-state index contributed by atoms with van der Waals surface area (Å²) in [5, 5.41) is 7.83. The first-order chi connectivity index (χ1) is 14.1. The van der Waals surface area contributed by atoms with Gasteiger partial charge in [-0.15, -0.1) is 0 Å². The third-order valence-electron chi connectivity index (χ3n) is 4.42. The Bertz CT molecular complexity index is 814. The first kappa shape index (κ1) is 24.1. The van der Waals surface area contributed by atoms with Crippen molar-refractivity contribution in [3.63, 3.8) is 0 Å². The number of carboxylic acids is 1. The zero-order valence-electron chi connectivity index (χ0n) is 16.2. The Morgan fingerprint density at radius 1 is 1.37 bits per heavy atom. The smallest absolute Gasteiger partial charge is 0.475 e. The Kier molecular flexibility index (Phi) is 8.65. The molecule has 7 nitrogen and oxygen atoms in total. The summed E-state index contributed by atoms with van der Waals surface area (Å²) in [6.45, 7) is 5.84. The number of hydrogen-bond acceptors (Lipinski definition) is 6. The molecule has 0 bridgehead atoms. The van der Waals surface area contributed by atoms with E-state index in [2.05, 4.69) is 9.88 Å². The highest BCUT2D eigenvalue weighted by Gasteiger charge is 2.38. The summed E-state index contributed by atoms with van der Waals surface area (Å²) in [6.07, 6.45) is -3.12. The summed E-state index contributed by atoms with van der Waals surface area (Å²) >= 11 is 5.91. The molecule has 166 valence electrons. The number of ether oxygens (including phenoxy) is 1. The molecule has 3 rings (SSSR count). The standard InChI is InChI=1S/C17H22ClN3O2.C2HF3O2/c1-2-22-16-10-21(9-13(16)7-19)11-17-20-8-15(23-17)12-3-5-14(18)6-4-12;3-2(4,5)1(6)7/h3-6,8,13,16H,2,7,9-11,19H2,1H3;(H,6,7)/t13-,16-;/m1./s1. The molecular formula is C19H23ClF3N3O4. The number of oxazole rings is 1. The number of alkyl halides is 3. The van der Waals surface area contributed by atoms with Crippen LogP contribution in [-0.2, 0) is 16.1 Å². The van der Waals surface area contributed by atoms with Gasteiger partial charge in [0.15, 0.2) is 5.76 Å². The summed E-state index contributed by atoms with van der Waals surface area (Å²) in [5.74, 6) is -0.913. The first-order valence-corrected chi connectivity index (χ1v) is 9.56. The molecule has 0 aliphatic carbocycles. The van der Waals surface area contributed by atoms with Crippen LogP contribution in [0.5, 0.6) is 0 Å². The van der Waals surface area contributed by atoms with E-state index in [9.17, 15) is 13.2 Å². The van der Waals surface area contributed by atoms with Crippen molar-refractivity contribution in [3.8, 4) is 11.3 Å². The van der Waals surface area contributed by atoms with Crippen LogP contribution < -0.4 is 5.73 Å². The molecule has 30 heavy (non-hydrogen) atoms. The maximum Gasteiger partial charge on any atom is 0.490 e. The Morgan fingerprint density at radius 2 is 2.00 bits per heavy atom. The van der Waals surface area contributed by atoms with Crippen LogP contribution in [-0.4, -0.2) is 59.5 Å². The van der Waals surface area contributed by atoms with Gasteiger partial charge in [-0.2, -0.15) is 13.2 Å². The number of nitrogens with two attached hydrogens (primary N) is 1. The summed E-state index contributed by atoms with van der Waals surface area (Å²) < 4.78 is 43.4. The van der Waals surface area contributed by atoms with Crippen molar-refractivity contribution in [2.45, 2.75) is 25.7 Å². The number of carboxylic acid groups (broad SMARTS) is 1. The zero-order chi connectivity index (χ0) is 22.3. The number of halogens is 4. The maximum atomic E-state index is 10.6. The fourth-order valence-electron chi connectivity index (χ4n) is 3.01. The van der Waals surface area contributed by atoms with E-state index in [1.54, 1.807) is 6.20 Å². The molecule has 1 aliphatic heterocycles. The zero-order valence-corrected chi connectivity index (χ0v) is 17.0. The van der Waals surface area contributed by atoms with Gasteiger partial charge in [0.25, 0.3) is 0 Å². The molecule has 1 saturated heterocycles. The quantitative estimate of drug-likeness (QED) is 0.696. The van der Waals surface area contributed by atoms with Crippen molar-refractivity contribution in [1.82, 2.24) is 9.88 Å². The monoisotopic (exact) mass is 449 g/mol. The predicted octanol–water partition coefficient (Wildman–Crippen LogP) is 3.42. The van der Waals surface area contributed by atoms with E-state index in [0.717, 1.165) is 24.4 Å². The minimum atomic E-state index is -5.08. The number of rotatable bonds is 6. The summed E-state index contributed by atoms with van der Waals surface area (Å²) in [7, 11) is 0. The van der Waals surface area contributed by atoms with Crippen molar-refractivity contribution in [2.75, 3.05) is 26.2 Å². The summed E-state index contributed by atoms with van der Waals surface area (Å²) in [5.41, 5.74) is 6.82. The van der Waals surface area contributed by atoms with Crippen LogP contribution in [0.3, 0.4) is 0 Å². The van der Waals surface area contributed by atoms with Crippen molar-refractivity contribution >= 4 is 17.6 Å². The van der Waals surface area contributed by atoms with Gasteiger partial charge in [-0.25, -0.2) is 9.78 Å². The molecular weight excluding hydrogens is 427 g/mol. The van der Waals surface area contributed by atoms with Crippen molar-refractivity contribution in [3.05, 3.63) is 41.4 Å². The molecule has 1 aromatic heterocycles. The molecule has 2 heterocycles. The number of nitrogens with zero attached hydrogens (tertiary/aromatic N) is 2. The van der Waals surface area contributed by atoms with Crippen LogP contribution in [0.1, 0.15) is 12.8 Å². The number of likely N-dealkylation sites (tertiary alicyclic amines) is 1. The van der Waals surface area contributed by atoms with Gasteiger partial charge in [-0.3, -0.25) is 4.90 Å². The fraction of sp³-hybridized carbons (Fsp3) is 0.474. The molecule has 3 N–H and O–H groups in total. The summed E-state index contributed by atoms with van der Waals surface area (Å²) in [6, 6.07) is 7.55.